The monoisotopic (exact) mass is 397 g/mol. The van der Waals surface area contributed by atoms with E-state index in [1.165, 1.54) is 14.2 Å². The summed E-state index contributed by atoms with van der Waals surface area (Å²) in [5, 5.41) is 21.0. The van der Waals surface area contributed by atoms with Gasteiger partial charge in [-0.15, -0.1) is 0 Å². The molecular weight excluding hydrogens is 378 g/mol. The van der Waals surface area contributed by atoms with Gasteiger partial charge in [0.1, 0.15) is 33.6 Å². The van der Waals surface area contributed by atoms with Crippen LogP contribution in [0.1, 0.15) is 11.1 Å². The molecule has 144 valence electrons. The highest BCUT2D eigenvalue weighted by molar-refractivity contribution is 8.18. The standard InChI is InChI=1S/C21H19NO5S/c1-12-8-9-15(23)13(10-12)11-17-19(24)18(21(25)27-3)20(28-17)22-14-6-4-5-7-16(14)26-2/h4-11,23-24H,1-3H3/b17-11+,22-20?. The van der Waals surface area contributed by atoms with Crippen LogP contribution in [-0.4, -0.2) is 35.4 Å². The Hall–Kier alpha value is -3.19. The van der Waals surface area contributed by atoms with Crippen molar-refractivity contribution in [1.82, 2.24) is 0 Å². The summed E-state index contributed by atoms with van der Waals surface area (Å²) in [6.45, 7) is 1.90. The molecule has 0 spiro atoms. The molecule has 0 saturated heterocycles. The minimum atomic E-state index is -0.699. The second-order valence-electron chi connectivity index (χ2n) is 5.98. The van der Waals surface area contributed by atoms with Crippen molar-refractivity contribution in [2.24, 2.45) is 4.99 Å². The number of carbonyl (C=O) groups excluding carboxylic acids is 1. The Bertz CT molecular complexity index is 1020. The minimum Gasteiger partial charge on any atom is -0.507 e. The fourth-order valence-electron chi connectivity index (χ4n) is 2.65. The van der Waals surface area contributed by atoms with Crippen LogP contribution in [0.4, 0.5) is 5.69 Å². The zero-order valence-electron chi connectivity index (χ0n) is 15.6. The number of aryl methyl sites for hydroxylation is 1. The average molecular weight is 397 g/mol. The van der Waals surface area contributed by atoms with E-state index < -0.39 is 5.97 Å². The molecule has 7 heteroatoms. The van der Waals surface area contributed by atoms with Gasteiger partial charge in [0, 0.05) is 5.56 Å². The third kappa shape index (κ3) is 3.89. The number of phenolic OH excluding ortho intramolecular Hbond substituents is 1. The topological polar surface area (TPSA) is 88.4 Å². The highest BCUT2D eigenvalue weighted by Crippen LogP contribution is 2.42. The maximum atomic E-state index is 12.3. The van der Waals surface area contributed by atoms with Gasteiger partial charge in [0.25, 0.3) is 0 Å². The second-order valence-corrected chi connectivity index (χ2v) is 7.01. The van der Waals surface area contributed by atoms with Gasteiger partial charge in [0.2, 0.25) is 0 Å². The molecule has 0 amide bonds. The van der Waals surface area contributed by atoms with Crippen LogP contribution in [0.15, 0.2) is 63.7 Å². The molecule has 1 aliphatic heterocycles. The number of carbonyl (C=O) groups is 1. The Morgan fingerprint density at radius 2 is 1.89 bits per heavy atom. The summed E-state index contributed by atoms with van der Waals surface area (Å²) in [6, 6.07) is 12.2. The molecule has 0 bridgehead atoms. The molecule has 0 fully saturated rings. The number of hydrogen-bond acceptors (Lipinski definition) is 7. The van der Waals surface area contributed by atoms with E-state index in [4.69, 9.17) is 9.47 Å². The van der Waals surface area contributed by atoms with E-state index in [-0.39, 0.29) is 22.1 Å². The van der Waals surface area contributed by atoms with Crippen LogP contribution in [-0.2, 0) is 9.53 Å². The number of phenols is 1. The van der Waals surface area contributed by atoms with Gasteiger partial charge >= 0.3 is 5.97 Å². The van der Waals surface area contributed by atoms with Crippen LogP contribution in [0.5, 0.6) is 11.5 Å². The van der Waals surface area contributed by atoms with Crippen LogP contribution in [0.25, 0.3) is 6.08 Å². The van der Waals surface area contributed by atoms with E-state index in [1.54, 1.807) is 42.5 Å². The number of hydrogen-bond donors (Lipinski definition) is 2. The summed E-state index contributed by atoms with van der Waals surface area (Å²) in [5.41, 5.74) is 1.96. The highest BCUT2D eigenvalue weighted by atomic mass is 32.2. The summed E-state index contributed by atoms with van der Waals surface area (Å²) < 4.78 is 10.1. The number of benzene rings is 2. The third-order valence-electron chi connectivity index (χ3n) is 4.06. The van der Waals surface area contributed by atoms with Gasteiger partial charge in [0.05, 0.1) is 19.1 Å². The highest BCUT2D eigenvalue weighted by Gasteiger charge is 2.33. The molecule has 2 aromatic carbocycles. The number of ether oxygens (including phenoxy) is 2. The van der Waals surface area contributed by atoms with Crippen molar-refractivity contribution in [2.75, 3.05) is 14.2 Å². The quantitative estimate of drug-likeness (QED) is 0.738. The van der Waals surface area contributed by atoms with E-state index in [0.717, 1.165) is 17.3 Å². The van der Waals surface area contributed by atoms with Crippen LogP contribution >= 0.6 is 11.8 Å². The van der Waals surface area contributed by atoms with E-state index in [2.05, 4.69) is 4.99 Å². The van der Waals surface area contributed by atoms with Gasteiger partial charge in [0.15, 0.2) is 0 Å². The lowest BCUT2D eigenvalue weighted by atomic mass is 10.1. The molecule has 1 heterocycles. The van der Waals surface area contributed by atoms with Gasteiger partial charge < -0.3 is 19.7 Å². The fourth-order valence-corrected chi connectivity index (χ4v) is 3.67. The molecule has 0 unspecified atom stereocenters. The number of aromatic hydroxyl groups is 1. The number of methoxy groups -OCH3 is 2. The van der Waals surface area contributed by atoms with Crippen molar-refractivity contribution in [2.45, 2.75) is 6.92 Å². The third-order valence-corrected chi connectivity index (χ3v) is 5.08. The first-order chi connectivity index (χ1) is 13.4. The molecule has 0 aromatic heterocycles. The smallest absolute Gasteiger partial charge is 0.344 e. The number of para-hydroxylation sites is 2. The number of rotatable bonds is 4. The number of aliphatic hydroxyl groups is 1. The average Bonchev–Trinajstić information content (AvgIpc) is 2.99. The van der Waals surface area contributed by atoms with Crippen molar-refractivity contribution in [3.63, 3.8) is 0 Å². The first-order valence-corrected chi connectivity index (χ1v) is 9.19. The van der Waals surface area contributed by atoms with E-state index in [1.807, 2.05) is 13.0 Å². The molecule has 1 aliphatic rings. The fraction of sp³-hybridized carbons (Fsp3) is 0.143. The molecule has 0 radical (unpaired) electrons. The molecule has 0 aliphatic carbocycles. The normalized spacial score (nSPS) is 16.7. The number of aliphatic imine (C=N–C) groups is 1. The SMILES string of the molecule is COC(=O)C1=C(O)/C(=C\c2cc(C)ccc2O)SC1=Nc1ccccc1OC. The number of esters is 1. The van der Waals surface area contributed by atoms with Crippen LogP contribution < -0.4 is 4.74 Å². The van der Waals surface area contributed by atoms with Gasteiger partial charge in [-0.25, -0.2) is 9.79 Å². The zero-order valence-corrected chi connectivity index (χ0v) is 16.4. The van der Waals surface area contributed by atoms with Gasteiger partial charge in [-0.05, 0) is 37.3 Å². The first-order valence-electron chi connectivity index (χ1n) is 8.37. The maximum Gasteiger partial charge on any atom is 0.344 e. The predicted molar refractivity (Wildman–Crippen MR) is 110 cm³/mol. The summed E-state index contributed by atoms with van der Waals surface area (Å²) in [5.74, 6) is -0.337. The molecule has 6 nitrogen and oxygen atoms in total. The van der Waals surface area contributed by atoms with Gasteiger partial charge in [-0.3, -0.25) is 0 Å². The number of aliphatic hydroxyl groups excluding tert-OH is 1. The Morgan fingerprint density at radius 1 is 1.14 bits per heavy atom. The summed E-state index contributed by atoms with van der Waals surface area (Å²) in [7, 11) is 2.77. The van der Waals surface area contributed by atoms with Gasteiger partial charge in [-0.1, -0.05) is 35.5 Å². The van der Waals surface area contributed by atoms with E-state index in [0.29, 0.717) is 21.9 Å². The molecule has 28 heavy (non-hydrogen) atoms. The number of nitrogens with zero attached hydrogens (tertiary/aromatic N) is 1. The van der Waals surface area contributed by atoms with Crippen molar-refractivity contribution in [1.29, 1.82) is 0 Å². The van der Waals surface area contributed by atoms with Gasteiger partial charge in [-0.2, -0.15) is 0 Å². The van der Waals surface area contributed by atoms with Crippen molar-refractivity contribution >= 4 is 34.5 Å². The lowest BCUT2D eigenvalue weighted by Gasteiger charge is -2.05. The molecule has 0 atom stereocenters. The molecular formula is C21H19NO5S. The van der Waals surface area contributed by atoms with E-state index in [9.17, 15) is 15.0 Å². The Morgan fingerprint density at radius 3 is 2.61 bits per heavy atom. The summed E-state index contributed by atoms with van der Waals surface area (Å²) >= 11 is 1.11. The van der Waals surface area contributed by atoms with Crippen LogP contribution in [0.3, 0.4) is 0 Å². The minimum absolute atomic E-state index is 0.0307. The lowest BCUT2D eigenvalue weighted by molar-refractivity contribution is -0.135. The lowest BCUT2D eigenvalue weighted by Crippen LogP contribution is -2.10. The Kier molecular flexibility index (Phi) is 5.75. The molecule has 3 rings (SSSR count). The van der Waals surface area contributed by atoms with E-state index >= 15 is 0 Å². The number of thioether (sulfide) groups is 1. The Balaban J connectivity index is 2.11. The maximum absolute atomic E-state index is 12.3. The molecule has 0 saturated carbocycles. The first kappa shape index (κ1) is 19.6. The van der Waals surface area contributed by atoms with Crippen molar-refractivity contribution < 1.29 is 24.5 Å². The molecule has 2 aromatic rings. The van der Waals surface area contributed by atoms with Crippen molar-refractivity contribution in [3.8, 4) is 11.5 Å². The Labute approximate surface area is 166 Å². The predicted octanol–water partition coefficient (Wildman–Crippen LogP) is 4.51. The second kappa shape index (κ2) is 8.22. The summed E-state index contributed by atoms with van der Waals surface area (Å²) in [6.07, 6.45) is 1.61. The largest absolute Gasteiger partial charge is 0.507 e. The van der Waals surface area contributed by atoms with Crippen LogP contribution in [0, 0.1) is 6.92 Å². The van der Waals surface area contributed by atoms with Crippen LogP contribution in [0.2, 0.25) is 0 Å². The molecule has 2 N–H and O–H groups in total. The zero-order chi connectivity index (χ0) is 20.3. The van der Waals surface area contributed by atoms with Crippen molar-refractivity contribution in [3.05, 3.63) is 69.8 Å². The summed E-state index contributed by atoms with van der Waals surface area (Å²) in [4.78, 5) is 17.1.